The van der Waals surface area contributed by atoms with Gasteiger partial charge in [0.2, 0.25) is 0 Å². The quantitative estimate of drug-likeness (QED) is 0.0103. The van der Waals surface area contributed by atoms with Gasteiger partial charge in [0.05, 0.1) is 37.8 Å². The number of rotatable bonds is 36. The SMILES string of the molecule is CC/C=C\C[C@@H](O)/C=C/C=C/C=C\C=C/[C@H](O)[C@@H](O)CCCC(=O)OC[C@H](COP(=O)(O)OCCN)O/C=C/CCCCCCCCCCCCCC. The Hall–Kier alpha value is -2.34. The molecule has 0 spiro atoms. The number of unbranched alkanes of at least 4 members (excludes halogenated alkanes) is 12. The van der Waals surface area contributed by atoms with Crippen molar-refractivity contribution < 1.29 is 48.1 Å². The maximum Gasteiger partial charge on any atom is 0.472 e. The van der Waals surface area contributed by atoms with Crippen LogP contribution < -0.4 is 5.73 Å². The van der Waals surface area contributed by atoms with E-state index < -0.39 is 38.2 Å². The fourth-order valence-electron chi connectivity index (χ4n) is 4.97. The van der Waals surface area contributed by atoms with Gasteiger partial charge in [-0.25, -0.2) is 4.57 Å². The molecule has 0 bridgehead atoms. The molecule has 0 saturated heterocycles. The van der Waals surface area contributed by atoms with Crippen molar-refractivity contribution in [3.63, 3.8) is 0 Å². The monoisotopic (exact) mass is 769 g/mol. The highest BCUT2D eigenvalue weighted by molar-refractivity contribution is 7.47. The molecule has 0 aromatic rings. The first kappa shape index (κ1) is 50.7. The number of phosphoric ester groups is 1. The molecule has 0 aliphatic carbocycles. The smallest absolute Gasteiger partial charge is 0.472 e. The zero-order valence-electron chi connectivity index (χ0n) is 32.6. The molecule has 0 heterocycles. The summed E-state index contributed by atoms with van der Waals surface area (Å²) in [6.07, 6.45) is 35.3. The first-order valence-corrected chi connectivity index (χ1v) is 21.3. The van der Waals surface area contributed by atoms with Gasteiger partial charge < -0.3 is 35.4 Å². The van der Waals surface area contributed by atoms with Gasteiger partial charge in [-0.3, -0.25) is 13.8 Å². The molecule has 0 aromatic heterocycles. The zero-order chi connectivity index (χ0) is 39.3. The molecule has 0 saturated carbocycles. The zero-order valence-corrected chi connectivity index (χ0v) is 33.5. The number of aliphatic hydroxyl groups excluding tert-OH is 3. The highest BCUT2D eigenvalue weighted by atomic mass is 31.2. The Bertz CT molecular complexity index is 1090. The molecule has 0 aromatic carbocycles. The van der Waals surface area contributed by atoms with Gasteiger partial charge in [0.1, 0.15) is 6.61 Å². The lowest BCUT2D eigenvalue weighted by Gasteiger charge is -2.19. The summed E-state index contributed by atoms with van der Waals surface area (Å²) in [6, 6.07) is 0. The molecule has 0 aliphatic rings. The van der Waals surface area contributed by atoms with Crippen LogP contribution in [0.5, 0.6) is 0 Å². The van der Waals surface area contributed by atoms with E-state index in [0.29, 0.717) is 6.42 Å². The van der Waals surface area contributed by atoms with E-state index in [2.05, 4.69) is 6.92 Å². The Morgan fingerprint density at radius 3 is 1.96 bits per heavy atom. The number of carbonyl (C=O) groups is 1. The largest absolute Gasteiger partial charge is 0.492 e. The van der Waals surface area contributed by atoms with Crippen molar-refractivity contribution in [1.82, 2.24) is 0 Å². The lowest BCUT2D eigenvalue weighted by atomic mass is 10.0. The van der Waals surface area contributed by atoms with E-state index in [0.717, 1.165) is 25.7 Å². The number of ether oxygens (including phenoxy) is 2. The summed E-state index contributed by atoms with van der Waals surface area (Å²) in [6.45, 7) is 3.60. The molecular weight excluding hydrogens is 697 g/mol. The van der Waals surface area contributed by atoms with Crippen molar-refractivity contribution in [2.24, 2.45) is 5.73 Å². The number of hydrogen-bond acceptors (Lipinski definition) is 10. The van der Waals surface area contributed by atoms with Crippen LogP contribution >= 0.6 is 7.82 Å². The fourth-order valence-corrected chi connectivity index (χ4v) is 5.73. The normalized spacial score (nSPS) is 16.1. The van der Waals surface area contributed by atoms with Crippen LogP contribution in [0.2, 0.25) is 0 Å². The minimum atomic E-state index is -4.35. The van der Waals surface area contributed by atoms with Crippen molar-refractivity contribution in [2.75, 3.05) is 26.4 Å². The predicted octanol–water partition coefficient (Wildman–Crippen LogP) is 8.45. The first-order chi connectivity index (χ1) is 25.6. The first-order valence-electron chi connectivity index (χ1n) is 19.8. The average Bonchev–Trinajstić information content (AvgIpc) is 3.14. The van der Waals surface area contributed by atoms with Crippen LogP contribution in [0.15, 0.2) is 73.1 Å². The van der Waals surface area contributed by atoms with E-state index >= 15 is 0 Å². The van der Waals surface area contributed by atoms with E-state index in [4.69, 9.17) is 24.3 Å². The number of esters is 1. The van der Waals surface area contributed by atoms with Gasteiger partial charge in [0.15, 0.2) is 6.10 Å². The molecule has 11 nitrogen and oxygen atoms in total. The van der Waals surface area contributed by atoms with Crippen LogP contribution in [-0.4, -0.2) is 77.0 Å². The Labute approximate surface area is 320 Å². The molecule has 53 heavy (non-hydrogen) atoms. The molecule has 306 valence electrons. The molecule has 0 aliphatic heterocycles. The average molecular weight is 770 g/mol. The maximum absolute atomic E-state index is 12.4. The topological polar surface area (TPSA) is 178 Å². The lowest BCUT2D eigenvalue weighted by molar-refractivity contribution is -0.147. The Morgan fingerprint density at radius 2 is 1.34 bits per heavy atom. The Morgan fingerprint density at radius 1 is 0.736 bits per heavy atom. The third-order valence-electron chi connectivity index (χ3n) is 8.07. The van der Waals surface area contributed by atoms with Crippen LogP contribution in [0, 0.1) is 0 Å². The Kier molecular flexibility index (Phi) is 35.0. The molecule has 0 radical (unpaired) electrons. The number of allylic oxidation sites excluding steroid dienone is 8. The standard InChI is InChI=1S/C41H72NO10P/c1-3-5-7-8-9-10-11-12-13-14-15-18-21-25-33-49-38(36-52-53(47,48)51-34-32-42)35-50-41(46)31-26-30-40(45)39(44)29-24-20-17-16-19-23-28-37(43)27-22-6-4-2/h6,16-17,19-20,22-25,28-29,33,37-40,43-45H,3-5,7-15,18,21,26-27,30-32,34-36,42H2,1-2H3,(H,47,48)/b19-16+,20-17-,22-6-,28-23+,29-24-,33-25+/t37-,38-,39+,40+/m1/s1. The van der Waals surface area contributed by atoms with Gasteiger partial charge in [0, 0.05) is 13.0 Å². The van der Waals surface area contributed by atoms with E-state index in [9.17, 15) is 29.6 Å². The number of carbonyl (C=O) groups excluding carboxylic acids is 1. The van der Waals surface area contributed by atoms with Gasteiger partial charge in [-0.2, -0.15) is 0 Å². The van der Waals surface area contributed by atoms with E-state index in [1.165, 1.54) is 76.5 Å². The van der Waals surface area contributed by atoms with E-state index in [-0.39, 0.29) is 45.6 Å². The summed E-state index contributed by atoms with van der Waals surface area (Å²) >= 11 is 0. The molecule has 6 N–H and O–H groups in total. The number of aliphatic hydroxyl groups is 3. The summed E-state index contributed by atoms with van der Waals surface area (Å²) < 4.78 is 32.9. The summed E-state index contributed by atoms with van der Waals surface area (Å²) in [5.41, 5.74) is 5.33. The summed E-state index contributed by atoms with van der Waals surface area (Å²) in [5, 5.41) is 30.3. The van der Waals surface area contributed by atoms with Crippen molar-refractivity contribution in [3.05, 3.63) is 73.1 Å². The molecular formula is C41H72NO10P. The van der Waals surface area contributed by atoms with E-state index in [1.54, 1.807) is 42.5 Å². The molecule has 12 heteroatoms. The summed E-state index contributed by atoms with van der Waals surface area (Å²) in [4.78, 5) is 22.2. The van der Waals surface area contributed by atoms with Gasteiger partial charge in [-0.1, -0.05) is 145 Å². The van der Waals surface area contributed by atoms with Crippen LogP contribution in [-0.2, 0) is 27.9 Å². The lowest BCUT2D eigenvalue weighted by Crippen LogP contribution is -2.26. The number of hydrogen-bond donors (Lipinski definition) is 5. The number of phosphoric acid groups is 1. The molecule has 0 fully saturated rings. The van der Waals surface area contributed by atoms with Gasteiger partial charge in [-0.15, -0.1) is 0 Å². The fraction of sp³-hybridized carbons (Fsp3) is 0.683. The third-order valence-corrected chi connectivity index (χ3v) is 9.05. The third kappa shape index (κ3) is 35.1. The van der Waals surface area contributed by atoms with Crippen molar-refractivity contribution >= 4 is 13.8 Å². The highest BCUT2D eigenvalue weighted by Gasteiger charge is 2.24. The molecule has 0 amide bonds. The van der Waals surface area contributed by atoms with Crippen LogP contribution in [0.1, 0.15) is 129 Å². The van der Waals surface area contributed by atoms with Crippen LogP contribution in [0.25, 0.3) is 0 Å². The van der Waals surface area contributed by atoms with Gasteiger partial charge in [-0.05, 0) is 44.6 Å². The second-order valence-electron chi connectivity index (χ2n) is 13.0. The minimum absolute atomic E-state index is 0.00419. The maximum atomic E-state index is 12.4. The van der Waals surface area contributed by atoms with E-state index in [1.807, 2.05) is 25.2 Å². The second kappa shape index (κ2) is 36.6. The second-order valence-corrected chi connectivity index (χ2v) is 14.5. The summed E-state index contributed by atoms with van der Waals surface area (Å²) in [5.74, 6) is -0.545. The minimum Gasteiger partial charge on any atom is -0.492 e. The Balaban J connectivity index is 4.50. The predicted molar refractivity (Wildman–Crippen MR) is 214 cm³/mol. The number of nitrogens with two attached hydrogens (primary N) is 1. The van der Waals surface area contributed by atoms with Gasteiger partial charge >= 0.3 is 13.8 Å². The van der Waals surface area contributed by atoms with Crippen molar-refractivity contribution in [1.29, 1.82) is 0 Å². The molecule has 1 unspecified atom stereocenters. The molecule has 5 atom stereocenters. The summed E-state index contributed by atoms with van der Waals surface area (Å²) in [7, 11) is -4.35. The van der Waals surface area contributed by atoms with Crippen LogP contribution in [0.4, 0.5) is 0 Å². The van der Waals surface area contributed by atoms with Crippen molar-refractivity contribution in [3.8, 4) is 0 Å². The highest BCUT2D eigenvalue weighted by Crippen LogP contribution is 2.43. The van der Waals surface area contributed by atoms with Crippen molar-refractivity contribution in [2.45, 2.75) is 154 Å². The van der Waals surface area contributed by atoms with Crippen LogP contribution in [0.3, 0.4) is 0 Å². The van der Waals surface area contributed by atoms with Gasteiger partial charge in [0.25, 0.3) is 0 Å². The molecule has 0 rings (SSSR count).